The zero-order valence-corrected chi connectivity index (χ0v) is 14.0. The standard InChI is InChI=1S/C20H24O5/c21-12-18-20(24-14-16-9-5-2-6-10-16)17(11-19(22)25-18)23-13-15-7-3-1-4-8-15/h1-10,17-22H,11-14H2/t17-,18-,19+,20+/m0/s1. The second-order valence-electron chi connectivity index (χ2n) is 6.14. The molecule has 5 nitrogen and oxygen atoms in total. The second kappa shape index (κ2) is 9.08. The highest BCUT2D eigenvalue weighted by molar-refractivity contribution is 5.14. The summed E-state index contributed by atoms with van der Waals surface area (Å²) in [6.07, 6.45) is -2.08. The van der Waals surface area contributed by atoms with E-state index < -0.39 is 18.5 Å². The third-order valence-corrected chi connectivity index (χ3v) is 4.27. The van der Waals surface area contributed by atoms with Gasteiger partial charge >= 0.3 is 0 Å². The van der Waals surface area contributed by atoms with Crippen LogP contribution >= 0.6 is 0 Å². The van der Waals surface area contributed by atoms with Crippen LogP contribution in [0, 0.1) is 0 Å². The molecule has 1 saturated heterocycles. The van der Waals surface area contributed by atoms with Gasteiger partial charge in [-0.1, -0.05) is 60.7 Å². The Bertz CT molecular complexity index is 618. The zero-order valence-electron chi connectivity index (χ0n) is 14.0. The monoisotopic (exact) mass is 344 g/mol. The van der Waals surface area contributed by atoms with Crippen LogP contribution in [0.4, 0.5) is 0 Å². The van der Waals surface area contributed by atoms with Crippen molar-refractivity contribution in [1.29, 1.82) is 0 Å². The van der Waals surface area contributed by atoms with Crippen LogP contribution in [-0.2, 0) is 27.4 Å². The first-order chi connectivity index (χ1) is 12.3. The molecule has 0 aliphatic carbocycles. The summed E-state index contributed by atoms with van der Waals surface area (Å²) >= 11 is 0. The van der Waals surface area contributed by atoms with Gasteiger partial charge in [-0.3, -0.25) is 0 Å². The molecule has 4 atom stereocenters. The van der Waals surface area contributed by atoms with Crippen molar-refractivity contribution in [1.82, 2.24) is 0 Å². The van der Waals surface area contributed by atoms with Crippen molar-refractivity contribution < 1.29 is 24.4 Å². The fourth-order valence-corrected chi connectivity index (χ4v) is 2.98. The Hall–Kier alpha value is -1.76. The summed E-state index contributed by atoms with van der Waals surface area (Å²) in [5.74, 6) is 0. The highest BCUT2D eigenvalue weighted by atomic mass is 16.6. The lowest BCUT2D eigenvalue weighted by Gasteiger charge is -2.39. The second-order valence-corrected chi connectivity index (χ2v) is 6.14. The van der Waals surface area contributed by atoms with Gasteiger partial charge in [0.15, 0.2) is 6.29 Å². The smallest absolute Gasteiger partial charge is 0.157 e. The molecule has 2 aromatic carbocycles. The van der Waals surface area contributed by atoms with E-state index in [1.54, 1.807) is 0 Å². The average molecular weight is 344 g/mol. The number of aliphatic hydroxyl groups excluding tert-OH is 2. The van der Waals surface area contributed by atoms with E-state index in [1.165, 1.54) is 0 Å². The predicted octanol–water partition coefficient (Wildman–Crippen LogP) is 2.26. The molecule has 134 valence electrons. The maximum Gasteiger partial charge on any atom is 0.157 e. The minimum absolute atomic E-state index is 0.234. The van der Waals surface area contributed by atoms with E-state index in [9.17, 15) is 10.2 Å². The van der Waals surface area contributed by atoms with Gasteiger partial charge in [-0.25, -0.2) is 0 Å². The number of ether oxygens (including phenoxy) is 3. The molecule has 0 saturated carbocycles. The fraction of sp³-hybridized carbons (Fsp3) is 0.400. The van der Waals surface area contributed by atoms with E-state index in [0.717, 1.165) is 11.1 Å². The molecule has 5 heteroatoms. The molecule has 2 N–H and O–H groups in total. The quantitative estimate of drug-likeness (QED) is 0.806. The minimum atomic E-state index is -0.963. The van der Waals surface area contributed by atoms with E-state index in [2.05, 4.69) is 0 Å². The topological polar surface area (TPSA) is 68.2 Å². The maximum atomic E-state index is 9.91. The van der Waals surface area contributed by atoms with Crippen molar-refractivity contribution >= 4 is 0 Å². The Morgan fingerprint density at radius 1 is 0.880 bits per heavy atom. The lowest BCUT2D eigenvalue weighted by molar-refractivity contribution is -0.262. The fourth-order valence-electron chi connectivity index (χ4n) is 2.98. The third-order valence-electron chi connectivity index (χ3n) is 4.27. The van der Waals surface area contributed by atoms with Crippen LogP contribution in [0.25, 0.3) is 0 Å². The van der Waals surface area contributed by atoms with Crippen molar-refractivity contribution in [2.24, 2.45) is 0 Å². The Labute approximate surface area is 147 Å². The Balaban J connectivity index is 1.65. The Morgan fingerprint density at radius 2 is 1.44 bits per heavy atom. The third kappa shape index (κ3) is 5.11. The van der Waals surface area contributed by atoms with Gasteiger partial charge in [0.05, 0.1) is 25.9 Å². The van der Waals surface area contributed by atoms with Crippen LogP contribution in [-0.4, -0.2) is 41.4 Å². The molecule has 2 aromatic rings. The molecular weight excluding hydrogens is 320 g/mol. The predicted molar refractivity (Wildman–Crippen MR) is 92.6 cm³/mol. The van der Waals surface area contributed by atoms with Crippen LogP contribution in [0.3, 0.4) is 0 Å². The van der Waals surface area contributed by atoms with Crippen LogP contribution in [0.15, 0.2) is 60.7 Å². The van der Waals surface area contributed by atoms with E-state index in [0.29, 0.717) is 19.6 Å². The van der Waals surface area contributed by atoms with Crippen molar-refractivity contribution in [2.75, 3.05) is 6.61 Å². The first-order valence-electron chi connectivity index (χ1n) is 8.51. The number of benzene rings is 2. The van der Waals surface area contributed by atoms with Gasteiger partial charge in [0.25, 0.3) is 0 Å². The van der Waals surface area contributed by atoms with Crippen LogP contribution in [0.5, 0.6) is 0 Å². The molecule has 3 rings (SSSR count). The van der Waals surface area contributed by atoms with Gasteiger partial charge in [0.1, 0.15) is 12.2 Å². The summed E-state index contributed by atoms with van der Waals surface area (Å²) in [6.45, 7) is 0.579. The van der Waals surface area contributed by atoms with Gasteiger partial charge in [0, 0.05) is 6.42 Å². The Morgan fingerprint density at radius 3 is 2.00 bits per heavy atom. The van der Waals surface area contributed by atoms with Gasteiger partial charge in [-0.05, 0) is 11.1 Å². The van der Waals surface area contributed by atoms with Gasteiger partial charge in [0.2, 0.25) is 0 Å². The highest BCUT2D eigenvalue weighted by Crippen LogP contribution is 2.26. The largest absolute Gasteiger partial charge is 0.394 e. The molecule has 0 aromatic heterocycles. The normalized spacial score (nSPS) is 26.5. The summed E-state index contributed by atoms with van der Waals surface area (Å²) < 4.78 is 17.4. The number of hydrogen-bond donors (Lipinski definition) is 2. The van der Waals surface area contributed by atoms with Crippen LogP contribution < -0.4 is 0 Å². The average Bonchev–Trinajstić information content (AvgIpc) is 2.66. The van der Waals surface area contributed by atoms with E-state index in [1.807, 2.05) is 60.7 Å². The number of rotatable bonds is 7. The molecule has 0 radical (unpaired) electrons. The van der Waals surface area contributed by atoms with Gasteiger partial charge in [-0.15, -0.1) is 0 Å². The van der Waals surface area contributed by atoms with E-state index in [-0.39, 0.29) is 12.7 Å². The molecule has 1 aliphatic heterocycles. The van der Waals surface area contributed by atoms with Crippen LogP contribution in [0.1, 0.15) is 17.5 Å². The molecule has 0 amide bonds. The summed E-state index contributed by atoms with van der Waals surface area (Å²) in [5.41, 5.74) is 2.08. The lowest BCUT2D eigenvalue weighted by atomic mass is 10.0. The maximum absolute atomic E-state index is 9.91. The molecule has 1 aliphatic rings. The Kier molecular flexibility index (Phi) is 6.55. The lowest BCUT2D eigenvalue weighted by Crippen LogP contribution is -2.52. The highest BCUT2D eigenvalue weighted by Gasteiger charge is 2.39. The van der Waals surface area contributed by atoms with Crippen molar-refractivity contribution in [3.8, 4) is 0 Å². The van der Waals surface area contributed by atoms with Gasteiger partial charge < -0.3 is 24.4 Å². The number of hydrogen-bond acceptors (Lipinski definition) is 5. The van der Waals surface area contributed by atoms with Crippen LogP contribution in [0.2, 0.25) is 0 Å². The molecule has 1 heterocycles. The molecule has 0 unspecified atom stereocenters. The summed E-state index contributed by atoms with van der Waals surface area (Å²) in [6, 6.07) is 19.6. The summed E-state index contributed by atoms with van der Waals surface area (Å²) in [5, 5.41) is 19.5. The molecular formula is C20H24O5. The van der Waals surface area contributed by atoms with E-state index >= 15 is 0 Å². The van der Waals surface area contributed by atoms with E-state index in [4.69, 9.17) is 14.2 Å². The number of aliphatic hydroxyl groups is 2. The van der Waals surface area contributed by atoms with Crippen molar-refractivity contribution in [3.63, 3.8) is 0 Å². The summed E-state index contributed by atoms with van der Waals surface area (Å²) in [7, 11) is 0. The molecule has 0 bridgehead atoms. The molecule has 0 spiro atoms. The van der Waals surface area contributed by atoms with Crippen molar-refractivity contribution in [2.45, 2.75) is 44.2 Å². The first-order valence-corrected chi connectivity index (χ1v) is 8.51. The van der Waals surface area contributed by atoms with Gasteiger partial charge in [-0.2, -0.15) is 0 Å². The SMILES string of the molecule is OC[C@@H]1O[C@@H](O)C[C@H](OCc2ccccc2)[C@H]1OCc1ccccc1. The minimum Gasteiger partial charge on any atom is -0.394 e. The summed E-state index contributed by atoms with van der Waals surface area (Å²) in [4.78, 5) is 0. The first kappa shape index (κ1) is 18.0. The van der Waals surface area contributed by atoms with Crippen molar-refractivity contribution in [3.05, 3.63) is 71.8 Å². The molecule has 25 heavy (non-hydrogen) atoms. The molecule has 1 fully saturated rings. The zero-order chi connectivity index (χ0) is 17.5.